The fraction of sp³-hybridized carbons (Fsp3) is 0.462. The highest BCUT2D eigenvalue weighted by Gasteiger charge is 2.37. The maximum atomic E-state index is 12.6. The first-order chi connectivity index (χ1) is 8.86. The zero-order chi connectivity index (χ0) is 14.2. The number of benzene rings is 1. The summed E-state index contributed by atoms with van der Waals surface area (Å²) in [6.45, 7) is 4.42. The van der Waals surface area contributed by atoms with Gasteiger partial charge in [-0.15, -0.1) is 0 Å². The third kappa shape index (κ3) is 2.44. The van der Waals surface area contributed by atoms with Gasteiger partial charge in [-0.1, -0.05) is 6.92 Å². The molecular formula is C13H17N3O2S. The number of hydrogen-bond acceptors (Lipinski definition) is 4. The molecule has 0 aromatic heterocycles. The molecular weight excluding hydrogens is 262 g/mol. The van der Waals surface area contributed by atoms with Crippen molar-refractivity contribution in [2.45, 2.75) is 31.2 Å². The molecule has 2 atom stereocenters. The highest BCUT2D eigenvalue weighted by atomic mass is 32.2. The molecule has 2 rings (SSSR count). The van der Waals surface area contributed by atoms with Gasteiger partial charge in [-0.25, -0.2) is 8.42 Å². The summed E-state index contributed by atoms with van der Waals surface area (Å²) < 4.78 is 26.7. The Balaban J connectivity index is 2.49. The van der Waals surface area contributed by atoms with Crippen LogP contribution in [0.5, 0.6) is 0 Å². The van der Waals surface area contributed by atoms with Crippen molar-refractivity contribution >= 4 is 15.7 Å². The average molecular weight is 279 g/mol. The fourth-order valence-corrected chi connectivity index (χ4v) is 4.47. The molecule has 0 saturated carbocycles. The van der Waals surface area contributed by atoms with E-state index in [0.29, 0.717) is 18.2 Å². The van der Waals surface area contributed by atoms with Crippen LogP contribution in [0, 0.1) is 17.2 Å². The molecule has 1 saturated heterocycles. The lowest BCUT2D eigenvalue weighted by Crippen LogP contribution is -2.34. The lowest BCUT2D eigenvalue weighted by Gasteiger charge is -2.21. The van der Waals surface area contributed by atoms with Crippen molar-refractivity contribution in [1.82, 2.24) is 4.31 Å². The van der Waals surface area contributed by atoms with Crippen LogP contribution >= 0.6 is 0 Å². The molecule has 0 radical (unpaired) electrons. The number of sulfonamides is 1. The summed E-state index contributed by atoms with van der Waals surface area (Å²) in [6, 6.07) is 6.20. The topological polar surface area (TPSA) is 87.2 Å². The molecule has 0 aliphatic carbocycles. The van der Waals surface area contributed by atoms with Gasteiger partial charge in [0.15, 0.2) is 0 Å². The standard InChI is InChI=1S/C13H17N3O2S/c1-9-5-10(2)16(8-9)19(17,18)13-4-3-12(15)6-11(13)7-14/h3-4,6,9-10H,5,8,15H2,1-2H3. The summed E-state index contributed by atoms with van der Waals surface area (Å²) in [4.78, 5) is 0.0464. The first kappa shape index (κ1) is 13.8. The maximum absolute atomic E-state index is 12.6. The summed E-state index contributed by atoms with van der Waals surface area (Å²) >= 11 is 0. The van der Waals surface area contributed by atoms with Crippen molar-refractivity contribution in [2.24, 2.45) is 5.92 Å². The maximum Gasteiger partial charge on any atom is 0.244 e. The third-order valence-electron chi connectivity index (χ3n) is 3.44. The van der Waals surface area contributed by atoms with E-state index in [2.05, 4.69) is 0 Å². The third-order valence-corrected chi connectivity index (χ3v) is 5.48. The second kappa shape index (κ2) is 4.83. The van der Waals surface area contributed by atoms with Crippen LogP contribution in [0.4, 0.5) is 5.69 Å². The average Bonchev–Trinajstić information content (AvgIpc) is 2.68. The summed E-state index contributed by atoms with van der Waals surface area (Å²) in [5.74, 6) is 0.337. The van der Waals surface area contributed by atoms with E-state index in [1.165, 1.54) is 22.5 Å². The number of anilines is 1. The van der Waals surface area contributed by atoms with E-state index in [4.69, 9.17) is 11.0 Å². The zero-order valence-electron chi connectivity index (χ0n) is 11.0. The molecule has 102 valence electrons. The van der Waals surface area contributed by atoms with Gasteiger partial charge in [0, 0.05) is 18.3 Å². The first-order valence-corrected chi connectivity index (χ1v) is 7.61. The molecule has 1 aromatic carbocycles. The Labute approximate surface area is 113 Å². The van der Waals surface area contributed by atoms with Gasteiger partial charge in [-0.2, -0.15) is 9.57 Å². The van der Waals surface area contributed by atoms with Crippen LogP contribution in [0.15, 0.2) is 23.1 Å². The largest absolute Gasteiger partial charge is 0.399 e. The normalized spacial score (nSPS) is 24.3. The van der Waals surface area contributed by atoms with Crippen molar-refractivity contribution in [2.75, 3.05) is 12.3 Å². The minimum absolute atomic E-state index is 0.0379. The predicted molar refractivity (Wildman–Crippen MR) is 72.7 cm³/mol. The molecule has 1 fully saturated rings. The van der Waals surface area contributed by atoms with Gasteiger partial charge in [0.25, 0.3) is 0 Å². The highest BCUT2D eigenvalue weighted by Crippen LogP contribution is 2.30. The van der Waals surface area contributed by atoms with Crippen molar-refractivity contribution in [1.29, 1.82) is 5.26 Å². The van der Waals surface area contributed by atoms with E-state index in [1.54, 1.807) is 0 Å². The first-order valence-electron chi connectivity index (χ1n) is 6.17. The van der Waals surface area contributed by atoms with Crippen molar-refractivity contribution < 1.29 is 8.42 Å². The van der Waals surface area contributed by atoms with E-state index in [0.717, 1.165) is 6.42 Å². The van der Waals surface area contributed by atoms with Crippen LogP contribution in [0.2, 0.25) is 0 Å². The van der Waals surface area contributed by atoms with E-state index in [1.807, 2.05) is 19.9 Å². The molecule has 6 heteroatoms. The molecule has 2 unspecified atom stereocenters. The van der Waals surface area contributed by atoms with Gasteiger partial charge in [0.1, 0.15) is 11.0 Å². The van der Waals surface area contributed by atoms with Crippen molar-refractivity contribution in [3.05, 3.63) is 23.8 Å². The molecule has 19 heavy (non-hydrogen) atoms. The monoisotopic (exact) mass is 279 g/mol. The molecule has 5 nitrogen and oxygen atoms in total. The molecule has 1 aliphatic rings. The SMILES string of the molecule is CC1CC(C)N(S(=O)(=O)c2ccc(N)cc2C#N)C1. The molecule has 0 amide bonds. The quantitative estimate of drug-likeness (QED) is 0.832. The summed E-state index contributed by atoms with van der Waals surface area (Å²) in [5, 5.41) is 9.08. The fourth-order valence-electron chi connectivity index (χ4n) is 2.58. The number of nitrogen functional groups attached to an aromatic ring is 1. The number of hydrogen-bond donors (Lipinski definition) is 1. The van der Waals surface area contributed by atoms with Gasteiger partial charge in [0.2, 0.25) is 10.0 Å². The van der Waals surface area contributed by atoms with Crippen molar-refractivity contribution in [3.8, 4) is 6.07 Å². The Hall–Kier alpha value is -1.58. The summed E-state index contributed by atoms with van der Waals surface area (Å²) in [7, 11) is -3.63. The minimum Gasteiger partial charge on any atom is -0.399 e. The smallest absolute Gasteiger partial charge is 0.244 e. The van der Waals surface area contributed by atoms with Gasteiger partial charge in [-0.3, -0.25) is 0 Å². The molecule has 1 aromatic rings. The van der Waals surface area contributed by atoms with Gasteiger partial charge < -0.3 is 5.73 Å². The molecule has 1 aliphatic heterocycles. The van der Waals surface area contributed by atoms with Gasteiger partial charge in [-0.05, 0) is 37.5 Å². The van der Waals surface area contributed by atoms with Crippen LogP contribution in [0.25, 0.3) is 0 Å². The Morgan fingerprint density at radius 2 is 2.11 bits per heavy atom. The lowest BCUT2D eigenvalue weighted by molar-refractivity contribution is 0.405. The van der Waals surface area contributed by atoms with Crippen LogP contribution in [-0.4, -0.2) is 25.3 Å². The number of rotatable bonds is 2. The molecule has 0 spiro atoms. The Morgan fingerprint density at radius 1 is 1.42 bits per heavy atom. The molecule has 0 bridgehead atoms. The van der Waals surface area contributed by atoms with E-state index in [-0.39, 0.29) is 16.5 Å². The zero-order valence-corrected chi connectivity index (χ0v) is 11.8. The lowest BCUT2D eigenvalue weighted by atomic mass is 10.1. The van der Waals surface area contributed by atoms with Gasteiger partial charge >= 0.3 is 0 Å². The Bertz CT molecular complexity index is 634. The minimum atomic E-state index is -3.63. The van der Waals surface area contributed by atoms with Gasteiger partial charge in [0.05, 0.1) is 5.56 Å². The second-order valence-corrected chi connectivity index (χ2v) is 6.99. The Kier molecular flexibility index (Phi) is 3.52. The molecule has 1 heterocycles. The molecule has 2 N–H and O–H groups in total. The van der Waals surface area contributed by atoms with Crippen LogP contribution in [-0.2, 0) is 10.0 Å². The van der Waals surface area contributed by atoms with E-state index in [9.17, 15) is 8.42 Å². The van der Waals surface area contributed by atoms with Crippen LogP contribution in [0.1, 0.15) is 25.8 Å². The second-order valence-electron chi connectivity index (χ2n) is 5.13. The summed E-state index contributed by atoms with van der Waals surface area (Å²) in [6.07, 6.45) is 0.843. The Morgan fingerprint density at radius 3 is 2.63 bits per heavy atom. The number of nitrogens with zero attached hydrogens (tertiary/aromatic N) is 2. The van der Waals surface area contributed by atoms with E-state index >= 15 is 0 Å². The predicted octanol–water partition coefficient (Wildman–Crippen LogP) is 1.56. The van der Waals surface area contributed by atoms with E-state index < -0.39 is 10.0 Å². The number of nitriles is 1. The van der Waals surface area contributed by atoms with Crippen LogP contribution < -0.4 is 5.73 Å². The number of nitrogens with two attached hydrogens (primary N) is 1. The van der Waals surface area contributed by atoms with Crippen molar-refractivity contribution in [3.63, 3.8) is 0 Å². The highest BCUT2D eigenvalue weighted by molar-refractivity contribution is 7.89. The summed E-state index contributed by atoms with van der Waals surface area (Å²) in [5.41, 5.74) is 6.08. The van der Waals surface area contributed by atoms with Crippen LogP contribution in [0.3, 0.4) is 0 Å².